The normalized spacial score (nSPS) is 34.5. The Morgan fingerprint density at radius 3 is 3.06 bits per heavy atom. The molecule has 4 atom stereocenters. The summed E-state index contributed by atoms with van der Waals surface area (Å²) in [7, 11) is 0. The minimum atomic E-state index is -1.66. The summed E-state index contributed by atoms with van der Waals surface area (Å²) in [5.41, 5.74) is -1.11. The number of aliphatic hydroxyl groups is 1. The molecular weight excluding hydrogens is 436 g/mol. The monoisotopic (exact) mass is 447 g/mol. The number of nitrogens with one attached hydrogen (secondary N) is 1. The molecule has 3 rings (SSSR count). The molecule has 3 heterocycles. The third kappa shape index (κ3) is 2.07. The first-order valence-corrected chi connectivity index (χ1v) is 9.07. The second-order valence-electron chi connectivity index (χ2n) is 4.10. The van der Waals surface area contributed by atoms with Crippen LogP contribution in [-0.2, 0) is 10.1 Å². The van der Waals surface area contributed by atoms with Gasteiger partial charge in [-0.15, -0.1) is 0 Å². The molecule has 1 aromatic heterocycles. The Balaban J connectivity index is 1.93. The van der Waals surface area contributed by atoms with Gasteiger partial charge >= 0.3 is 114 Å². The Kier molecular flexibility index (Phi) is 3.36. The summed E-state index contributed by atoms with van der Waals surface area (Å²) in [5, 5.41) is 10.1. The fraction of sp³-hybridized carbons (Fsp3) is 0.556. The van der Waals surface area contributed by atoms with E-state index in [1.54, 1.807) is 0 Å². The second-order valence-corrected chi connectivity index (χ2v) is 7.21. The summed E-state index contributed by atoms with van der Waals surface area (Å²) >= 11 is -1.66. The zero-order valence-corrected chi connectivity index (χ0v) is 13.7. The fourth-order valence-corrected chi connectivity index (χ4v) is 5.27. The number of aliphatic hydroxyl groups excluding tert-OH is 1. The van der Waals surface area contributed by atoms with Crippen LogP contribution in [-0.4, -0.2) is 64.7 Å². The third-order valence-corrected chi connectivity index (χ3v) is 5.91. The van der Waals surface area contributed by atoms with Crippen LogP contribution < -0.4 is 11.2 Å². The van der Waals surface area contributed by atoms with Gasteiger partial charge in [0.05, 0.1) is 0 Å². The molecule has 0 amide bonds. The number of ether oxygens (including phenoxy) is 1. The van der Waals surface area contributed by atoms with E-state index in [2.05, 4.69) is 4.98 Å². The summed E-state index contributed by atoms with van der Waals surface area (Å²) < 4.78 is 17.4. The average Bonchev–Trinajstić information content (AvgIpc) is 2.68. The quantitative estimate of drug-likeness (QED) is 0.473. The van der Waals surface area contributed by atoms with Crippen LogP contribution >= 0.6 is 0 Å². The van der Waals surface area contributed by atoms with Crippen molar-refractivity contribution in [2.75, 3.05) is 6.61 Å². The number of aromatic nitrogens is 2. The molecule has 1 unspecified atom stereocenters. The standard InChI is InChI=1S/C9H10N2O6.Tl/c12-3-4-6(14)7(15)8(17-4)11-2-1-5(13)10-9(11)16;/h1-2,4,6-8,15H,3H2,(H,10,13,16);/q-2;+2/t4-,6?,7+,8-;/m1./s1. The van der Waals surface area contributed by atoms with E-state index in [0.717, 1.165) is 4.57 Å². The maximum atomic E-state index is 11.6. The van der Waals surface area contributed by atoms with E-state index < -0.39 is 54.8 Å². The predicted octanol–water partition coefficient (Wildman–Crippen LogP) is -2.26. The van der Waals surface area contributed by atoms with E-state index in [1.165, 1.54) is 12.3 Å². The van der Waals surface area contributed by atoms with Crippen molar-refractivity contribution in [3.63, 3.8) is 0 Å². The molecule has 0 spiro atoms. The van der Waals surface area contributed by atoms with Gasteiger partial charge in [-0.2, -0.15) is 0 Å². The van der Waals surface area contributed by atoms with Crippen molar-refractivity contribution in [2.24, 2.45) is 0 Å². The topological polar surface area (TPSA) is 103 Å². The molecule has 0 aliphatic carbocycles. The third-order valence-electron chi connectivity index (χ3n) is 2.98. The number of aromatic amines is 1. The van der Waals surface area contributed by atoms with E-state index >= 15 is 0 Å². The number of hydrogen-bond donors (Lipinski definition) is 2. The second kappa shape index (κ2) is 4.85. The first kappa shape index (κ1) is 12.5. The van der Waals surface area contributed by atoms with Crippen LogP contribution in [0.1, 0.15) is 6.23 Å². The van der Waals surface area contributed by atoms with E-state index in [0.29, 0.717) is 6.61 Å². The Labute approximate surface area is 114 Å². The van der Waals surface area contributed by atoms with Crippen molar-refractivity contribution < 1.29 is 15.2 Å². The number of H-pyrrole nitrogens is 1. The molecular formula is C9H10N2O6Tl. The molecule has 95 valence electrons. The van der Waals surface area contributed by atoms with Crippen LogP contribution in [0.4, 0.5) is 0 Å². The minimum absolute atomic E-state index is 0.367. The van der Waals surface area contributed by atoms with Crippen molar-refractivity contribution in [1.29, 1.82) is 0 Å². The molecule has 8 nitrogen and oxygen atoms in total. The fourth-order valence-electron chi connectivity index (χ4n) is 2.12. The molecule has 0 aromatic carbocycles. The van der Waals surface area contributed by atoms with E-state index in [4.69, 9.17) is 10.1 Å². The van der Waals surface area contributed by atoms with Gasteiger partial charge in [-0.25, -0.2) is 0 Å². The van der Waals surface area contributed by atoms with Gasteiger partial charge in [0.2, 0.25) is 0 Å². The first-order chi connectivity index (χ1) is 8.66. The van der Waals surface area contributed by atoms with Gasteiger partial charge in [0, 0.05) is 0 Å². The summed E-state index contributed by atoms with van der Waals surface area (Å²) in [6.07, 6.45) is -1.28. The zero-order valence-electron chi connectivity index (χ0n) is 9.18. The van der Waals surface area contributed by atoms with Crippen molar-refractivity contribution >= 4 is 25.1 Å². The SMILES string of the molecule is O=c1ccn([C@@H]2O[C@@H]3C[O][Tl][O]C3[C@@H]2O)c(=O)[nH]1. The summed E-state index contributed by atoms with van der Waals surface area (Å²) in [4.78, 5) is 24.7. The Morgan fingerprint density at radius 2 is 2.33 bits per heavy atom. The molecule has 0 bridgehead atoms. The molecule has 0 radical (unpaired) electrons. The van der Waals surface area contributed by atoms with Crippen molar-refractivity contribution in [3.8, 4) is 0 Å². The van der Waals surface area contributed by atoms with Crippen molar-refractivity contribution in [1.82, 2.24) is 9.55 Å². The van der Waals surface area contributed by atoms with Gasteiger partial charge in [-0.3, -0.25) is 0 Å². The van der Waals surface area contributed by atoms with Crippen LogP contribution in [0.25, 0.3) is 0 Å². The van der Waals surface area contributed by atoms with Gasteiger partial charge in [-0.1, -0.05) is 0 Å². The Morgan fingerprint density at radius 1 is 1.50 bits per heavy atom. The molecule has 2 fully saturated rings. The Hall–Kier alpha value is -0.558. The number of nitrogens with zero attached hydrogens (tertiary/aromatic N) is 1. The first-order valence-electron chi connectivity index (χ1n) is 5.40. The predicted molar refractivity (Wildman–Crippen MR) is 57.8 cm³/mol. The van der Waals surface area contributed by atoms with Gasteiger partial charge in [0.15, 0.2) is 0 Å². The molecule has 18 heavy (non-hydrogen) atoms. The van der Waals surface area contributed by atoms with Gasteiger partial charge in [-0.05, 0) is 0 Å². The zero-order chi connectivity index (χ0) is 12.7. The Bertz CT molecular complexity index is 556. The van der Waals surface area contributed by atoms with Gasteiger partial charge in [0.1, 0.15) is 0 Å². The number of hydrogen-bond acceptors (Lipinski definition) is 6. The number of rotatable bonds is 1. The maximum absolute atomic E-state index is 11.6. The van der Waals surface area contributed by atoms with Crippen LogP contribution in [0.2, 0.25) is 0 Å². The van der Waals surface area contributed by atoms with E-state index in [9.17, 15) is 14.7 Å². The van der Waals surface area contributed by atoms with Crippen LogP contribution in [0.15, 0.2) is 21.9 Å². The average molecular weight is 447 g/mol. The molecule has 2 saturated heterocycles. The van der Waals surface area contributed by atoms with E-state index in [-0.39, 0.29) is 6.10 Å². The molecule has 2 N–H and O–H groups in total. The molecule has 9 heteroatoms. The van der Waals surface area contributed by atoms with Crippen molar-refractivity contribution in [3.05, 3.63) is 33.1 Å². The van der Waals surface area contributed by atoms with Crippen molar-refractivity contribution in [2.45, 2.75) is 24.5 Å². The van der Waals surface area contributed by atoms with Crippen LogP contribution in [0.5, 0.6) is 0 Å². The summed E-state index contributed by atoms with van der Waals surface area (Å²) in [5.74, 6) is 0. The molecule has 2 aliphatic rings. The van der Waals surface area contributed by atoms with E-state index in [1.807, 2.05) is 0 Å². The van der Waals surface area contributed by atoms with Crippen LogP contribution in [0, 0.1) is 0 Å². The molecule has 1 aromatic rings. The van der Waals surface area contributed by atoms with Gasteiger partial charge < -0.3 is 0 Å². The van der Waals surface area contributed by atoms with Gasteiger partial charge in [0.25, 0.3) is 0 Å². The van der Waals surface area contributed by atoms with Crippen LogP contribution in [0.3, 0.4) is 0 Å². The molecule has 2 aliphatic heterocycles. The summed E-state index contributed by atoms with van der Waals surface area (Å²) in [6, 6.07) is 1.20. The number of fused-ring (bicyclic) bond motifs is 1. The summed E-state index contributed by atoms with van der Waals surface area (Å²) in [6.45, 7) is 0.395. The molecule has 0 saturated carbocycles.